The number of H-pyrrole nitrogens is 2. The number of aromatic amines is 2. The zero-order valence-corrected chi connectivity index (χ0v) is 34.7. The highest BCUT2D eigenvalue weighted by molar-refractivity contribution is 15.0. The van der Waals surface area contributed by atoms with Gasteiger partial charge < -0.3 is 9.97 Å². The second-order valence-corrected chi connectivity index (χ2v) is 14.3. The first kappa shape index (κ1) is 39.4. The van der Waals surface area contributed by atoms with Crippen LogP contribution in [0.4, 0.5) is 17.1 Å². The number of fused-ring (bicyclic) bond motifs is 3. The van der Waals surface area contributed by atoms with Crippen molar-refractivity contribution in [2.24, 2.45) is 0 Å². The van der Waals surface area contributed by atoms with Crippen LogP contribution in [-0.2, 0) is 10.0 Å². The number of hydrogen-bond donors (Lipinski definition) is 2. The van der Waals surface area contributed by atoms with E-state index in [1.54, 1.807) is 54.7 Å². The van der Waals surface area contributed by atoms with Crippen molar-refractivity contribution in [2.75, 3.05) is 0 Å². The molecule has 0 radical (unpaired) electrons. The van der Waals surface area contributed by atoms with Crippen LogP contribution in [0.1, 0.15) is 5.56 Å². The summed E-state index contributed by atoms with van der Waals surface area (Å²) in [7, 11) is -3.75. The van der Waals surface area contributed by atoms with Gasteiger partial charge in [0.1, 0.15) is 0 Å². The van der Waals surface area contributed by atoms with Crippen LogP contribution in [0.25, 0.3) is 32.7 Å². The first-order chi connectivity index (χ1) is 23.8. The van der Waals surface area contributed by atoms with Gasteiger partial charge in [0.2, 0.25) is 0 Å². The second kappa shape index (κ2) is 17.2. The summed E-state index contributed by atoms with van der Waals surface area (Å²) in [5, 5.41) is 34.0. The minimum atomic E-state index is -3.75. The third kappa shape index (κ3) is 9.07. The summed E-state index contributed by atoms with van der Waals surface area (Å²) in [6.45, 7) is 1.88. The highest BCUT2D eigenvalue weighted by Crippen LogP contribution is 2.30. The molecule has 0 fully saturated rings. The van der Waals surface area contributed by atoms with Gasteiger partial charge in [-0.25, -0.2) is 12.4 Å². The molecule has 2 N–H and O–H groups in total. The molecule has 50 heavy (non-hydrogen) atoms. The van der Waals surface area contributed by atoms with Crippen molar-refractivity contribution in [3.63, 3.8) is 0 Å². The number of nitro benzene ring substituents is 3. The van der Waals surface area contributed by atoms with Crippen LogP contribution in [0.15, 0.2) is 108 Å². The number of nitrogens with one attached hydrogen (secondary N) is 2. The van der Waals surface area contributed by atoms with Gasteiger partial charge in [-0.2, -0.15) is 0 Å². The standard InChI is InChI=1S/C15H11IN2O4S.C8H5IN2O2.C8H6N2O2.I2/c1-10-2-5-12(6-3-10)23(21,22)17-9-14(16)13-8-11(18(19)20)4-7-15(13)17;9-7-4-10-8-2-1-5(11(12)13)3-6(7)8;11-10(12)7-1-2-8-6(5-7)3-4-9-8;1-2/h2-9H,1H3;1-4,10H;1-5,9H;. The molecule has 7 rings (SSSR count). The molecule has 0 unspecified atom stereocenters. The third-order valence-corrected chi connectivity index (χ3v) is 10.5. The Morgan fingerprint density at radius 3 is 1.80 bits per heavy atom. The molecule has 14 nitrogen and oxygen atoms in total. The number of rotatable bonds is 5. The molecule has 4 aromatic carbocycles. The largest absolute Gasteiger partial charge is 0.361 e. The summed E-state index contributed by atoms with van der Waals surface area (Å²) in [4.78, 5) is 36.6. The van der Waals surface area contributed by atoms with Crippen molar-refractivity contribution in [1.29, 1.82) is 0 Å². The summed E-state index contributed by atoms with van der Waals surface area (Å²) >= 11 is 8.36. The highest BCUT2D eigenvalue weighted by atomic mass is 128. The summed E-state index contributed by atoms with van der Waals surface area (Å²) in [6, 6.07) is 22.0. The van der Waals surface area contributed by atoms with Crippen LogP contribution < -0.4 is 0 Å². The van der Waals surface area contributed by atoms with Crippen molar-refractivity contribution in [1.82, 2.24) is 13.9 Å². The van der Waals surface area contributed by atoms with Crippen LogP contribution >= 0.6 is 82.4 Å². The highest BCUT2D eigenvalue weighted by Gasteiger charge is 2.22. The molecule has 0 saturated carbocycles. The van der Waals surface area contributed by atoms with Crippen molar-refractivity contribution in [2.45, 2.75) is 11.8 Å². The lowest BCUT2D eigenvalue weighted by Gasteiger charge is -2.07. The average molecular weight is 1150 g/mol. The SMILES string of the molecule is Cc1ccc(S(=O)(=O)n2cc(I)c3cc([N+](=O)[O-])ccc32)cc1.II.O=[N+]([O-])c1ccc2[nH]cc(I)c2c1.O=[N+]([O-])c1ccc2[nH]ccc2c1. The van der Waals surface area contributed by atoms with E-state index in [1.807, 2.05) is 41.8 Å². The van der Waals surface area contributed by atoms with Crippen molar-refractivity contribution < 1.29 is 23.2 Å². The number of aryl methyl sites for hydroxylation is 1. The van der Waals surface area contributed by atoms with Gasteiger partial charge >= 0.3 is 0 Å². The lowest BCUT2D eigenvalue weighted by Crippen LogP contribution is -2.11. The van der Waals surface area contributed by atoms with Crippen LogP contribution in [0.3, 0.4) is 0 Å². The van der Waals surface area contributed by atoms with Gasteiger partial charge in [0.05, 0.1) is 25.2 Å². The predicted molar refractivity (Wildman–Crippen MR) is 226 cm³/mol. The quantitative estimate of drug-likeness (QED) is 0.0963. The number of nitrogens with zero attached hydrogens (tertiary/aromatic N) is 4. The summed E-state index contributed by atoms with van der Waals surface area (Å²) in [6.07, 6.45) is 5.06. The van der Waals surface area contributed by atoms with Crippen LogP contribution in [0, 0.1) is 44.4 Å². The van der Waals surface area contributed by atoms with E-state index in [0.717, 1.165) is 30.9 Å². The number of nitro groups is 3. The Hall–Kier alpha value is -3.43. The van der Waals surface area contributed by atoms with Gasteiger partial charge in [0, 0.05) is 127 Å². The maximum absolute atomic E-state index is 12.8. The van der Waals surface area contributed by atoms with Gasteiger partial charge in [-0.3, -0.25) is 30.3 Å². The van der Waals surface area contributed by atoms with E-state index in [-0.39, 0.29) is 26.9 Å². The third-order valence-electron chi connectivity index (χ3n) is 7.07. The molecule has 7 aromatic rings. The normalized spacial score (nSPS) is 10.7. The second-order valence-electron chi connectivity index (χ2n) is 10.2. The molecule has 19 heteroatoms. The number of hydrogen-bond acceptors (Lipinski definition) is 8. The summed E-state index contributed by atoms with van der Waals surface area (Å²) < 4.78 is 28.4. The summed E-state index contributed by atoms with van der Waals surface area (Å²) in [5.74, 6) is 0. The van der Waals surface area contributed by atoms with Gasteiger partial charge in [0.25, 0.3) is 27.1 Å². The Kier molecular flexibility index (Phi) is 13.5. The molecule has 0 bridgehead atoms. The van der Waals surface area contributed by atoms with Gasteiger partial charge in [-0.1, -0.05) is 17.7 Å². The minimum Gasteiger partial charge on any atom is -0.361 e. The van der Waals surface area contributed by atoms with Crippen molar-refractivity contribution in [3.8, 4) is 0 Å². The molecule has 0 aliphatic heterocycles. The Morgan fingerprint density at radius 2 is 1.20 bits per heavy atom. The van der Waals surface area contributed by atoms with E-state index in [1.165, 1.54) is 40.5 Å². The monoisotopic (exact) mass is 1150 g/mol. The Labute approximate surface area is 334 Å². The van der Waals surface area contributed by atoms with E-state index in [9.17, 15) is 38.8 Å². The first-order valence-corrected chi connectivity index (χ1v) is 23.7. The first-order valence-electron chi connectivity index (χ1n) is 13.8. The lowest BCUT2D eigenvalue weighted by atomic mass is 10.2. The molecular formula is C31H22I4N6O8S. The molecule has 0 spiro atoms. The van der Waals surface area contributed by atoms with Gasteiger partial charge in [0.15, 0.2) is 0 Å². The molecule has 258 valence electrons. The van der Waals surface area contributed by atoms with E-state index >= 15 is 0 Å². The molecular weight excluding hydrogens is 1120 g/mol. The zero-order valence-electron chi connectivity index (χ0n) is 25.3. The average Bonchev–Trinajstić information content (AvgIpc) is 3.83. The molecule has 3 heterocycles. The molecule has 0 saturated heterocycles. The predicted octanol–water partition coefficient (Wildman–Crippen LogP) is 10.2. The van der Waals surface area contributed by atoms with Gasteiger partial charge in [-0.05, 0) is 88.5 Å². The van der Waals surface area contributed by atoms with E-state index < -0.39 is 19.9 Å². The van der Waals surface area contributed by atoms with Crippen LogP contribution in [0.5, 0.6) is 0 Å². The Bertz CT molecular complexity index is 2460. The van der Waals surface area contributed by atoms with Crippen LogP contribution in [-0.4, -0.2) is 37.1 Å². The Morgan fingerprint density at radius 1 is 0.660 bits per heavy atom. The van der Waals surface area contributed by atoms with E-state index in [4.69, 9.17) is 0 Å². The molecule has 0 aliphatic rings. The minimum absolute atomic E-state index is 0.0686. The fourth-order valence-electron chi connectivity index (χ4n) is 4.63. The molecule has 0 amide bonds. The van der Waals surface area contributed by atoms with Crippen molar-refractivity contribution >= 4 is 142 Å². The number of aromatic nitrogens is 3. The number of benzene rings is 4. The zero-order chi connectivity index (χ0) is 36.7. The lowest BCUT2D eigenvalue weighted by molar-refractivity contribution is -0.384. The maximum atomic E-state index is 12.8. The summed E-state index contributed by atoms with van der Waals surface area (Å²) in [5.41, 5.74) is 3.41. The molecule has 0 atom stereocenters. The smallest absolute Gasteiger partial charge is 0.270 e. The van der Waals surface area contributed by atoms with E-state index in [0.29, 0.717) is 14.5 Å². The van der Waals surface area contributed by atoms with Crippen molar-refractivity contribution in [3.05, 3.63) is 147 Å². The topological polar surface area (TPSA) is 200 Å². The molecule has 3 aromatic heterocycles. The fraction of sp³-hybridized carbons (Fsp3) is 0.0323. The van der Waals surface area contributed by atoms with Gasteiger partial charge in [-0.15, -0.1) is 0 Å². The number of non-ortho nitro benzene ring substituents is 3. The van der Waals surface area contributed by atoms with E-state index in [2.05, 4.69) is 69.8 Å². The fourth-order valence-corrected chi connectivity index (χ4v) is 7.50. The molecule has 0 aliphatic carbocycles. The van der Waals surface area contributed by atoms with Crippen LogP contribution in [0.2, 0.25) is 0 Å². The number of halogens is 4. The maximum Gasteiger partial charge on any atom is 0.270 e. The Balaban J connectivity index is 0.000000177.